The summed E-state index contributed by atoms with van der Waals surface area (Å²) in [5, 5.41) is 11.6. The Morgan fingerprint density at radius 1 is 1.10 bits per heavy atom. The molecule has 0 fully saturated rings. The first-order chi connectivity index (χ1) is 10.1. The van der Waals surface area contributed by atoms with Gasteiger partial charge in [-0.15, -0.1) is 0 Å². The lowest BCUT2D eigenvalue weighted by atomic mass is 10.1. The molecule has 2 heterocycles. The molecule has 106 valence electrons. The van der Waals surface area contributed by atoms with E-state index in [1.54, 1.807) is 12.1 Å². The molecule has 0 saturated heterocycles. The monoisotopic (exact) mass is 280 g/mol. The molecule has 1 N–H and O–H groups in total. The van der Waals surface area contributed by atoms with Gasteiger partial charge in [0.15, 0.2) is 0 Å². The van der Waals surface area contributed by atoms with Gasteiger partial charge in [0.25, 0.3) is 5.56 Å². The van der Waals surface area contributed by atoms with E-state index >= 15 is 0 Å². The smallest absolute Gasteiger partial charge is 0.267 e. The highest BCUT2D eigenvalue weighted by Crippen LogP contribution is 2.22. The fraction of sp³-hybridized carbons (Fsp3) is 0.188. The van der Waals surface area contributed by atoms with E-state index in [0.29, 0.717) is 6.54 Å². The van der Waals surface area contributed by atoms with Crippen LogP contribution in [0, 0.1) is 13.8 Å². The summed E-state index contributed by atoms with van der Waals surface area (Å²) < 4.78 is 1.48. The van der Waals surface area contributed by atoms with E-state index in [-0.39, 0.29) is 5.56 Å². The SMILES string of the molecule is Cc1n[nH]c(C)c1-c1ccc(=O)n(Cc2ccccc2)n1. The topological polar surface area (TPSA) is 63.6 Å². The number of nitrogens with zero attached hydrogens (tertiary/aromatic N) is 3. The van der Waals surface area contributed by atoms with E-state index in [2.05, 4.69) is 15.3 Å². The lowest BCUT2D eigenvalue weighted by molar-refractivity contribution is 0.642. The fourth-order valence-corrected chi connectivity index (χ4v) is 2.38. The highest BCUT2D eigenvalue weighted by molar-refractivity contribution is 5.63. The summed E-state index contributed by atoms with van der Waals surface area (Å²) in [7, 11) is 0. The average molecular weight is 280 g/mol. The van der Waals surface area contributed by atoms with Crippen LogP contribution in [0.3, 0.4) is 0 Å². The Balaban J connectivity index is 2.03. The highest BCUT2D eigenvalue weighted by atomic mass is 16.1. The summed E-state index contributed by atoms with van der Waals surface area (Å²) in [5.41, 5.74) is 4.48. The van der Waals surface area contributed by atoms with Crippen LogP contribution in [0.15, 0.2) is 47.3 Å². The minimum Gasteiger partial charge on any atom is -0.282 e. The predicted octanol–water partition coefficient (Wildman–Crippen LogP) is 2.30. The molecule has 0 atom stereocenters. The van der Waals surface area contributed by atoms with Crippen molar-refractivity contribution in [2.45, 2.75) is 20.4 Å². The summed E-state index contributed by atoms with van der Waals surface area (Å²) in [6.45, 7) is 4.33. The van der Waals surface area contributed by atoms with Gasteiger partial charge >= 0.3 is 0 Å². The maximum absolute atomic E-state index is 12.0. The van der Waals surface area contributed by atoms with Gasteiger partial charge in [-0.2, -0.15) is 10.2 Å². The van der Waals surface area contributed by atoms with Crippen LogP contribution in [0.2, 0.25) is 0 Å². The average Bonchev–Trinajstić information content (AvgIpc) is 2.82. The van der Waals surface area contributed by atoms with Gasteiger partial charge in [-0.1, -0.05) is 30.3 Å². The predicted molar refractivity (Wildman–Crippen MR) is 81.1 cm³/mol. The molecule has 0 saturated carbocycles. The molecule has 0 unspecified atom stereocenters. The molecule has 3 rings (SSSR count). The van der Waals surface area contributed by atoms with Crippen LogP contribution in [-0.2, 0) is 6.54 Å². The van der Waals surface area contributed by atoms with E-state index in [1.165, 1.54) is 4.68 Å². The minimum atomic E-state index is -0.110. The molecule has 21 heavy (non-hydrogen) atoms. The number of rotatable bonds is 3. The van der Waals surface area contributed by atoms with E-state index in [1.807, 2.05) is 44.2 Å². The van der Waals surface area contributed by atoms with Gasteiger partial charge in [-0.05, 0) is 25.5 Å². The van der Waals surface area contributed by atoms with Gasteiger partial charge in [0.1, 0.15) is 0 Å². The molecule has 0 aliphatic rings. The van der Waals surface area contributed by atoms with Crippen LogP contribution in [0.4, 0.5) is 0 Å². The number of H-pyrrole nitrogens is 1. The van der Waals surface area contributed by atoms with Crippen molar-refractivity contribution in [2.75, 3.05) is 0 Å². The second-order valence-corrected chi connectivity index (χ2v) is 5.01. The zero-order valence-electron chi connectivity index (χ0n) is 12.0. The quantitative estimate of drug-likeness (QED) is 0.800. The summed E-state index contributed by atoms with van der Waals surface area (Å²) in [6, 6.07) is 13.1. The Morgan fingerprint density at radius 2 is 1.86 bits per heavy atom. The molecule has 1 aromatic carbocycles. The van der Waals surface area contributed by atoms with Gasteiger partial charge in [0, 0.05) is 17.3 Å². The molecular formula is C16H16N4O. The van der Waals surface area contributed by atoms with Crippen LogP contribution in [-0.4, -0.2) is 20.0 Å². The van der Waals surface area contributed by atoms with Gasteiger partial charge in [-0.25, -0.2) is 4.68 Å². The minimum absolute atomic E-state index is 0.110. The molecule has 5 nitrogen and oxygen atoms in total. The van der Waals surface area contributed by atoms with Crippen LogP contribution >= 0.6 is 0 Å². The highest BCUT2D eigenvalue weighted by Gasteiger charge is 2.12. The molecule has 0 aliphatic carbocycles. The normalized spacial score (nSPS) is 10.8. The third-order valence-electron chi connectivity index (χ3n) is 3.43. The van der Waals surface area contributed by atoms with E-state index in [0.717, 1.165) is 28.2 Å². The first-order valence-corrected chi connectivity index (χ1v) is 6.79. The number of aryl methyl sites for hydroxylation is 2. The first-order valence-electron chi connectivity index (χ1n) is 6.79. The van der Waals surface area contributed by atoms with Crippen LogP contribution in [0.1, 0.15) is 17.0 Å². The summed E-state index contributed by atoms with van der Waals surface area (Å²) in [5.74, 6) is 0. The second-order valence-electron chi connectivity index (χ2n) is 5.01. The Bertz CT molecular complexity index is 798. The lowest BCUT2D eigenvalue weighted by Gasteiger charge is -2.07. The van der Waals surface area contributed by atoms with Gasteiger partial charge in [-0.3, -0.25) is 9.89 Å². The molecule has 0 amide bonds. The molecule has 0 spiro atoms. The van der Waals surface area contributed by atoms with Crippen LogP contribution in [0.25, 0.3) is 11.3 Å². The zero-order chi connectivity index (χ0) is 14.8. The molecule has 0 aliphatic heterocycles. The van der Waals surface area contributed by atoms with Gasteiger partial charge in [0.05, 0.1) is 17.9 Å². The largest absolute Gasteiger partial charge is 0.282 e. The van der Waals surface area contributed by atoms with Crippen molar-refractivity contribution in [3.63, 3.8) is 0 Å². The Labute approximate surface area is 122 Å². The van der Waals surface area contributed by atoms with Crippen molar-refractivity contribution in [3.8, 4) is 11.3 Å². The van der Waals surface area contributed by atoms with Gasteiger partial charge < -0.3 is 0 Å². The van der Waals surface area contributed by atoms with Crippen LogP contribution in [0.5, 0.6) is 0 Å². The van der Waals surface area contributed by atoms with Gasteiger partial charge in [0.2, 0.25) is 0 Å². The second kappa shape index (κ2) is 5.36. The number of hydrogen-bond donors (Lipinski definition) is 1. The Kier molecular flexibility index (Phi) is 3.39. The van der Waals surface area contributed by atoms with Crippen molar-refractivity contribution in [1.29, 1.82) is 0 Å². The van der Waals surface area contributed by atoms with Crippen molar-refractivity contribution in [1.82, 2.24) is 20.0 Å². The lowest BCUT2D eigenvalue weighted by Crippen LogP contribution is -2.22. The van der Waals surface area contributed by atoms with E-state index in [9.17, 15) is 4.79 Å². The van der Waals surface area contributed by atoms with Crippen molar-refractivity contribution in [3.05, 3.63) is 69.8 Å². The Morgan fingerprint density at radius 3 is 2.52 bits per heavy atom. The molecule has 0 bridgehead atoms. The number of nitrogens with one attached hydrogen (secondary N) is 1. The summed E-state index contributed by atoms with van der Waals surface area (Å²) in [4.78, 5) is 12.0. The summed E-state index contributed by atoms with van der Waals surface area (Å²) >= 11 is 0. The van der Waals surface area contributed by atoms with Crippen molar-refractivity contribution < 1.29 is 0 Å². The van der Waals surface area contributed by atoms with E-state index in [4.69, 9.17) is 0 Å². The third-order valence-corrected chi connectivity index (χ3v) is 3.43. The number of aromatic nitrogens is 4. The standard InChI is InChI=1S/C16H16N4O/c1-11-16(12(2)18-17-11)14-8-9-15(21)20(19-14)10-13-6-4-3-5-7-13/h3-9H,10H2,1-2H3,(H,17,18). The number of hydrogen-bond acceptors (Lipinski definition) is 3. The Hall–Kier alpha value is -2.69. The maximum atomic E-state index is 12.0. The molecule has 3 aromatic rings. The molecular weight excluding hydrogens is 264 g/mol. The fourth-order valence-electron chi connectivity index (χ4n) is 2.38. The summed E-state index contributed by atoms with van der Waals surface area (Å²) in [6.07, 6.45) is 0. The number of aromatic amines is 1. The number of benzene rings is 1. The van der Waals surface area contributed by atoms with E-state index < -0.39 is 0 Å². The third kappa shape index (κ3) is 2.63. The van der Waals surface area contributed by atoms with Crippen LogP contribution < -0.4 is 5.56 Å². The first kappa shape index (κ1) is 13.3. The van der Waals surface area contributed by atoms with Crippen molar-refractivity contribution >= 4 is 0 Å². The van der Waals surface area contributed by atoms with Crippen molar-refractivity contribution in [2.24, 2.45) is 0 Å². The molecule has 5 heteroatoms. The molecule has 0 radical (unpaired) electrons. The molecule has 2 aromatic heterocycles. The maximum Gasteiger partial charge on any atom is 0.267 e. The zero-order valence-corrected chi connectivity index (χ0v) is 12.0.